The molecule has 4 heteroatoms. The fourth-order valence-electron chi connectivity index (χ4n) is 3.34. The maximum atomic E-state index is 12.7. The predicted molar refractivity (Wildman–Crippen MR) is 109 cm³/mol. The highest BCUT2D eigenvalue weighted by atomic mass is 16.3. The molecular formula is C23H22N2O2. The van der Waals surface area contributed by atoms with E-state index in [4.69, 9.17) is 4.42 Å². The summed E-state index contributed by atoms with van der Waals surface area (Å²) in [5, 5.41) is 6.41. The van der Waals surface area contributed by atoms with Crippen molar-refractivity contribution in [2.24, 2.45) is 0 Å². The van der Waals surface area contributed by atoms with Crippen LogP contribution >= 0.6 is 0 Å². The molecule has 0 spiro atoms. The van der Waals surface area contributed by atoms with Crippen molar-refractivity contribution >= 4 is 27.8 Å². The molecule has 0 aliphatic carbocycles. The zero-order valence-corrected chi connectivity index (χ0v) is 15.5. The van der Waals surface area contributed by atoms with Crippen LogP contribution in [0.15, 0.2) is 77.2 Å². The number of para-hydroxylation sites is 1. The first-order chi connectivity index (χ1) is 13.1. The highest BCUT2D eigenvalue weighted by molar-refractivity contribution is 5.86. The second-order valence-corrected chi connectivity index (χ2v) is 6.85. The third-order valence-corrected chi connectivity index (χ3v) is 4.85. The van der Waals surface area contributed by atoms with Crippen LogP contribution in [0.3, 0.4) is 0 Å². The van der Waals surface area contributed by atoms with E-state index in [9.17, 15) is 4.79 Å². The van der Waals surface area contributed by atoms with Gasteiger partial charge in [0.25, 0.3) is 0 Å². The van der Waals surface area contributed by atoms with Crippen LogP contribution < -0.4 is 5.32 Å². The van der Waals surface area contributed by atoms with Crippen molar-refractivity contribution in [2.45, 2.75) is 19.5 Å². The largest absolute Gasteiger partial charge is 0.459 e. The third kappa shape index (κ3) is 3.51. The van der Waals surface area contributed by atoms with Crippen LogP contribution in [0.1, 0.15) is 24.3 Å². The Labute approximate surface area is 158 Å². The third-order valence-electron chi connectivity index (χ3n) is 4.85. The van der Waals surface area contributed by atoms with Crippen molar-refractivity contribution in [3.05, 3.63) is 84.1 Å². The van der Waals surface area contributed by atoms with Crippen molar-refractivity contribution in [3.63, 3.8) is 0 Å². The maximum absolute atomic E-state index is 12.7. The van der Waals surface area contributed by atoms with Crippen LogP contribution in [-0.4, -0.2) is 18.0 Å². The van der Waals surface area contributed by atoms with Crippen molar-refractivity contribution in [1.82, 2.24) is 10.2 Å². The monoisotopic (exact) mass is 358 g/mol. The molecule has 0 saturated heterocycles. The van der Waals surface area contributed by atoms with Gasteiger partial charge in [-0.3, -0.25) is 0 Å². The van der Waals surface area contributed by atoms with Gasteiger partial charge < -0.3 is 14.6 Å². The molecule has 0 aliphatic rings. The number of nitrogens with zero attached hydrogens (tertiary/aromatic N) is 1. The number of hydrogen-bond donors (Lipinski definition) is 1. The highest BCUT2D eigenvalue weighted by Gasteiger charge is 2.17. The summed E-state index contributed by atoms with van der Waals surface area (Å²) in [5.74, 6) is 0.753. The number of amides is 2. The molecule has 0 saturated carbocycles. The minimum atomic E-state index is -0.208. The average Bonchev–Trinajstić information content (AvgIpc) is 3.12. The van der Waals surface area contributed by atoms with E-state index >= 15 is 0 Å². The Morgan fingerprint density at radius 2 is 1.70 bits per heavy atom. The Balaban J connectivity index is 1.47. The molecule has 1 heterocycles. The molecule has 4 rings (SSSR count). The van der Waals surface area contributed by atoms with Crippen LogP contribution in [-0.2, 0) is 6.54 Å². The van der Waals surface area contributed by atoms with E-state index in [1.165, 1.54) is 10.8 Å². The zero-order valence-electron chi connectivity index (χ0n) is 15.5. The number of carbonyl (C=O) groups excluding carboxylic acids is 1. The summed E-state index contributed by atoms with van der Waals surface area (Å²) in [5.41, 5.74) is 1.96. The Morgan fingerprint density at radius 3 is 2.52 bits per heavy atom. The summed E-state index contributed by atoms with van der Waals surface area (Å²) in [6.45, 7) is 2.47. The standard InChI is InChI=1S/C23H22N2O2/c1-16(22-14-18-9-4-6-13-21(18)27-22)24-23(26)25(2)15-19-11-7-10-17-8-3-5-12-20(17)19/h3-14,16H,15H2,1-2H3,(H,24,26). The van der Waals surface area contributed by atoms with E-state index in [1.54, 1.807) is 4.90 Å². The number of furan rings is 1. The lowest BCUT2D eigenvalue weighted by Gasteiger charge is -2.21. The molecule has 1 N–H and O–H groups in total. The molecule has 136 valence electrons. The van der Waals surface area contributed by atoms with Crippen molar-refractivity contribution in [3.8, 4) is 0 Å². The number of hydrogen-bond acceptors (Lipinski definition) is 2. The lowest BCUT2D eigenvalue weighted by Crippen LogP contribution is -2.38. The van der Waals surface area contributed by atoms with E-state index in [-0.39, 0.29) is 12.1 Å². The molecule has 0 aliphatic heterocycles. The molecular weight excluding hydrogens is 336 g/mol. The number of carbonyl (C=O) groups is 1. The molecule has 1 aromatic heterocycles. The van der Waals surface area contributed by atoms with Gasteiger partial charge in [-0.25, -0.2) is 4.79 Å². The van der Waals surface area contributed by atoms with Gasteiger partial charge in [0.15, 0.2) is 0 Å². The van der Waals surface area contributed by atoms with Crippen LogP contribution in [0.2, 0.25) is 0 Å². The topological polar surface area (TPSA) is 45.5 Å². The van der Waals surface area contributed by atoms with Crippen LogP contribution in [0.5, 0.6) is 0 Å². The van der Waals surface area contributed by atoms with E-state index in [1.807, 2.05) is 62.5 Å². The lowest BCUT2D eigenvalue weighted by molar-refractivity contribution is 0.202. The Morgan fingerprint density at radius 1 is 1.00 bits per heavy atom. The molecule has 1 atom stereocenters. The van der Waals surface area contributed by atoms with E-state index < -0.39 is 0 Å². The molecule has 27 heavy (non-hydrogen) atoms. The first-order valence-corrected chi connectivity index (χ1v) is 9.08. The molecule has 0 bridgehead atoms. The second-order valence-electron chi connectivity index (χ2n) is 6.85. The minimum Gasteiger partial charge on any atom is -0.459 e. The van der Waals surface area contributed by atoms with E-state index in [2.05, 4.69) is 29.6 Å². The highest BCUT2D eigenvalue weighted by Crippen LogP contribution is 2.24. The van der Waals surface area contributed by atoms with E-state index in [0.29, 0.717) is 6.54 Å². The molecule has 2 amide bonds. The zero-order chi connectivity index (χ0) is 18.8. The number of benzene rings is 3. The quantitative estimate of drug-likeness (QED) is 0.524. The van der Waals surface area contributed by atoms with E-state index in [0.717, 1.165) is 22.3 Å². The Kier molecular flexibility index (Phi) is 4.55. The van der Waals surface area contributed by atoms with Crippen molar-refractivity contribution < 1.29 is 9.21 Å². The SMILES string of the molecule is CC(NC(=O)N(C)Cc1cccc2ccccc12)c1cc2ccccc2o1. The van der Waals surface area contributed by atoms with Gasteiger partial charge in [-0.1, -0.05) is 60.7 Å². The van der Waals surface area contributed by atoms with Gasteiger partial charge >= 0.3 is 6.03 Å². The number of nitrogens with one attached hydrogen (secondary N) is 1. The summed E-state index contributed by atoms with van der Waals surface area (Å²) < 4.78 is 5.85. The van der Waals surface area contributed by atoms with Crippen LogP contribution in [0, 0.1) is 0 Å². The normalized spacial score (nSPS) is 12.2. The van der Waals surface area contributed by atoms with Gasteiger partial charge in [-0.05, 0) is 35.4 Å². The summed E-state index contributed by atoms with van der Waals surface area (Å²) in [6, 6.07) is 23.9. The minimum absolute atomic E-state index is 0.129. The molecule has 3 aromatic carbocycles. The first-order valence-electron chi connectivity index (χ1n) is 9.08. The number of fused-ring (bicyclic) bond motifs is 2. The Hall–Kier alpha value is -3.27. The first kappa shape index (κ1) is 17.2. The summed E-state index contributed by atoms with van der Waals surface area (Å²) >= 11 is 0. The fourth-order valence-corrected chi connectivity index (χ4v) is 3.34. The van der Waals surface area contributed by atoms with Gasteiger partial charge in [0.2, 0.25) is 0 Å². The summed E-state index contributed by atoms with van der Waals surface area (Å²) in [4.78, 5) is 14.4. The molecule has 4 aromatic rings. The van der Waals surface area contributed by atoms with Gasteiger partial charge in [0.1, 0.15) is 11.3 Å². The number of rotatable bonds is 4. The maximum Gasteiger partial charge on any atom is 0.318 e. The predicted octanol–water partition coefficient (Wildman–Crippen LogP) is 5.49. The van der Waals surface area contributed by atoms with Gasteiger partial charge in [0, 0.05) is 19.0 Å². The lowest BCUT2D eigenvalue weighted by atomic mass is 10.0. The van der Waals surface area contributed by atoms with Crippen molar-refractivity contribution in [1.29, 1.82) is 0 Å². The molecule has 1 unspecified atom stereocenters. The molecule has 4 nitrogen and oxygen atoms in total. The van der Waals surface area contributed by atoms with Crippen LogP contribution in [0.4, 0.5) is 4.79 Å². The smallest absolute Gasteiger partial charge is 0.318 e. The van der Waals surface area contributed by atoms with Crippen molar-refractivity contribution in [2.75, 3.05) is 7.05 Å². The Bertz CT molecular complexity index is 1060. The molecule has 0 fully saturated rings. The second kappa shape index (κ2) is 7.16. The van der Waals surface area contributed by atoms with Gasteiger partial charge in [-0.2, -0.15) is 0 Å². The van der Waals surface area contributed by atoms with Crippen LogP contribution in [0.25, 0.3) is 21.7 Å². The van der Waals surface area contributed by atoms with Gasteiger partial charge in [0.05, 0.1) is 6.04 Å². The number of urea groups is 1. The summed E-state index contributed by atoms with van der Waals surface area (Å²) in [7, 11) is 1.81. The fraction of sp³-hybridized carbons (Fsp3) is 0.174. The average molecular weight is 358 g/mol. The molecule has 0 radical (unpaired) electrons. The summed E-state index contributed by atoms with van der Waals surface area (Å²) in [6.07, 6.45) is 0. The van der Waals surface area contributed by atoms with Gasteiger partial charge in [-0.15, -0.1) is 0 Å².